The van der Waals surface area contributed by atoms with Gasteiger partial charge in [0.25, 0.3) is 0 Å². The van der Waals surface area contributed by atoms with Crippen molar-refractivity contribution in [2.75, 3.05) is 25.1 Å². The number of rotatable bonds is 4. The largest absolute Gasteiger partial charge is 0.492 e. The van der Waals surface area contributed by atoms with Crippen molar-refractivity contribution in [3.05, 3.63) is 33.9 Å². The highest BCUT2D eigenvalue weighted by Gasteiger charge is 2.54. The Morgan fingerprint density at radius 1 is 1.41 bits per heavy atom. The third-order valence-corrected chi connectivity index (χ3v) is 6.59. The average molecular weight is 405 g/mol. The van der Waals surface area contributed by atoms with Crippen LogP contribution in [0.1, 0.15) is 35.7 Å². The maximum Gasteiger partial charge on any atom is 0.341 e. The number of anilines is 1. The van der Waals surface area contributed by atoms with Crippen LogP contribution < -0.4 is 20.8 Å². The van der Waals surface area contributed by atoms with Gasteiger partial charge in [0.15, 0.2) is 11.6 Å². The summed E-state index contributed by atoms with van der Waals surface area (Å²) in [5.74, 6) is -2.01. The van der Waals surface area contributed by atoms with Crippen LogP contribution in [0.15, 0.2) is 17.1 Å². The maximum atomic E-state index is 15.2. The van der Waals surface area contributed by atoms with Gasteiger partial charge in [-0.25, -0.2) is 13.6 Å². The van der Waals surface area contributed by atoms with Crippen molar-refractivity contribution >= 4 is 22.6 Å². The summed E-state index contributed by atoms with van der Waals surface area (Å²) in [7, 11) is 1.36. The molecule has 1 aliphatic heterocycles. The smallest absolute Gasteiger partial charge is 0.341 e. The molecule has 1 spiro atoms. The molecule has 1 unspecified atom stereocenters. The van der Waals surface area contributed by atoms with E-state index in [-0.39, 0.29) is 40.2 Å². The number of halogens is 2. The SMILES string of the molecule is COc1c(N2C[C@@H](N)C3(CC3)C2)c(F)cc2c(=O)c(C(=O)O)cn(C3C[C@@H]3F)c12. The van der Waals surface area contributed by atoms with Crippen molar-refractivity contribution in [1.29, 1.82) is 0 Å². The van der Waals surface area contributed by atoms with Gasteiger partial charge in [0.05, 0.1) is 24.1 Å². The van der Waals surface area contributed by atoms with Crippen molar-refractivity contribution in [1.82, 2.24) is 4.57 Å². The van der Waals surface area contributed by atoms with Crippen LogP contribution in [0.25, 0.3) is 10.9 Å². The Morgan fingerprint density at radius 2 is 2.10 bits per heavy atom. The Morgan fingerprint density at radius 3 is 2.62 bits per heavy atom. The van der Waals surface area contributed by atoms with Gasteiger partial charge < -0.3 is 25.0 Å². The molecule has 2 aliphatic carbocycles. The number of carbonyl (C=O) groups is 1. The van der Waals surface area contributed by atoms with Gasteiger partial charge in [-0.15, -0.1) is 0 Å². The maximum absolute atomic E-state index is 15.2. The summed E-state index contributed by atoms with van der Waals surface area (Å²) in [5, 5.41) is 9.25. The van der Waals surface area contributed by atoms with Gasteiger partial charge in [-0.05, 0) is 18.9 Å². The van der Waals surface area contributed by atoms with Gasteiger partial charge >= 0.3 is 5.97 Å². The minimum atomic E-state index is -1.44. The molecular formula is C20H21F2N3O4. The van der Waals surface area contributed by atoms with Crippen LogP contribution in [0.5, 0.6) is 5.75 Å². The second-order valence-corrected chi connectivity index (χ2v) is 8.39. The molecule has 2 saturated carbocycles. The van der Waals surface area contributed by atoms with Gasteiger partial charge in [0.1, 0.15) is 17.4 Å². The zero-order valence-electron chi connectivity index (χ0n) is 15.8. The minimum absolute atomic E-state index is 0.0141. The summed E-state index contributed by atoms with van der Waals surface area (Å²) in [6, 6.07) is 0.342. The lowest BCUT2D eigenvalue weighted by atomic mass is 10.0. The fourth-order valence-corrected chi connectivity index (χ4v) is 4.64. The Bertz CT molecular complexity index is 1110. The lowest BCUT2D eigenvalue weighted by molar-refractivity contribution is 0.0694. The molecule has 0 radical (unpaired) electrons. The molecule has 7 nitrogen and oxygen atoms in total. The van der Waals surface area contributed by atoms with Crippen LogP contribution in [-0.2, 0) is 0 Å². The van der Waals surface area contributed by atoms with Gasteiger partial charge in [-0.1, -0.05) is 0 Å². The van der Waals surface area contributed by atoms with Crippen LogP contribution in [-0.4, -0.2) is 48.1 Å². The fraction of sp³-hybridized carbons (Fsp3) is 0.500. The number of benzene rings is 1. The third-order valence-electron chi connectivity index (χ3n) is 6.59. The molecule has 1 saturated heterocycles. The number of methoxy groups -OCH3 is 1. The third kappa shape index (κ3) is 2.56. The number of pyridine rings is 1. The summed E-state index contributed by atoms with van der Waals surface area (Å²) in [5.41, 5.74) is 5.31. The van der Waals surface area contributed by atoms with E-state index in [4.69, 9.17) is 10.5 Å². The molecule has 0 bridgehead atoms. The van der Waals surface area contributed by atoms with Crippen molar-refractivity contribution < 1.29 is 23.4 Å². The number of nitrogens with zero attached hydrogens (tertiary/aromatic N) is 2. The van der Waals surface area contributed by atoms with E-state index in [9.17, 15) is 19.1 Å². The van der Waals surface area contributed by atoms with Crippen molar-refractivity contribution in [2.24, 2.45) is 11.1 Å². The lowest BCUT2D eigenvalue weighted by Crippen LogP contribution is -2.30. The van der Waals surface area contributed by atoms with Crippen LogP contribution in [0.4, 0.5) is 14.5 Å². The lowest BCUT2D eigenvalue weighted by Gasteiger charge is -2.24. The second kappa shape index (κ2) is 5.91. The number of ether oxygens (including phenoxy) is 1. The number of fused-ring (bicyclic) bond motifs is 1. The van der Waals surface area contributed by atoms with Gasteiger partial charge in [-0.2, -0.15) is 0 Å². The average Bonchev–Trinajstić information content (AvgIpc) is 3.56. The van der Waals surface area contributed by atoms with E-state index in [0.29, 0.717) is 13.1 Å². The summed E-state index contributed by atoms with van der Waals surface area (Å²) >= 11 is 0. The summed E-state index contributed by atoms with van der Waals surface area (Å²) in [4.78, 5) is 26.1. The molecule has 3 atom stereocenters. The number of carboxylic acid groups (broad SMARTS) is 1. The number of nitrogens with two attached hydrogens (primary N) is 1. The van der Waals surface area contributed by atoms with Crippen LogP contribution >= 0.6 is 0 Å². The van der Waals surface area contributed by atoms with E-state index in [1.165, 1.54) is 11.7 Å². The normalized spacial score (nSPS) is 26.9. The standard InChI is InChI=1S/C20H21F2N3O4/c1-29-18-15-9(17(26)10(19(27)28)6-25(15)13-5-11(13)21)4-12(22)16(18)24-7-14(23)20(8-24)2-3-20/h4,6,11,13-14H,2-3,5,7-8,23H2,1H3,(H,27,28)/t11-,13?,14+/m0/s1. The molecule has 154 valence electrons. The van der Waals surface area contributed by atoms with Crippen molar-refractivity contribution in [2.45, 2.75) is 37.5 Å². The molecule has 0 amide bonds. The molecule has 2 aromatic rings. The van der Waals surface area contributed by atoms with Gasteiger partial charge in [-0.3, -0.25) is 4.79 Å². The number of aromatic nitrogens is 1. The topological polar surface area (TPSA) is 97.8 Å². The number of hydrogen-bond acceptors (Lipinski definition) is 5. The highest BCUT2D eigenvalue weighted by atomic mass is 19.1. The molecule has 1 aromatic heterocycles. The quantitative estimate of drug-likeness (QED) is 0.808. The Balaban J connectivity index is 1.78. The van der Waals surface area contributed by atoms with E-state index < -0.39 is 35.0 Å². The summed E-state index contributed by atoms with van der Waals surface area (Å²) in [6.07, 6.45) is 2.15. The van der Waals surface area contributed by atoms with E-state index in [1.807, 2.05) is 4.90 Å². The molecule has 1 aromatic carbocycles. The van der Waals surface area contributed by atoms with E-state index in [1.54, 1.807) is 0 Å². The van der Waals surface area contributed by atoms with Gasteiger partial charge in [0.2, 0.25) is 5.43 Å². The zero-order chi connectivity index (χ0) is 20.7. The first-order valence-electron chi connectivity index (χ1n) is 9.60. The van der Waals surface area contributed by atoms with Crippen LogP contribution in [0, 0.1) is 11.2 Å². The predicted octanol–water partition coefficient (Wildman–Crippen LogP) is 2.06. The number of carboxylic acids is 1. The van der Waals surface area contributed by atoms with Gasteiger partial charge in [0, 0.05) is 37.2 Å². The summed E-state index contributed by atoms with van der Waals surface area (Å²) < 4.78 is 36.1. The molecule has 5 rings (SSSR count). The highest BCUT2D eigenvalue weighted by Crippen LogP contribution is 2.54. The second-order valence-electron chi connectivity index (χ2n) is 8.39. The van der Waals surface area contributed by atoms with E-state index in [2.05, 4.69) is 0 Å². The molecule has 3 N–H and O–H groups in total. The first-order valence-corrected chi connectivity index (χ1v) is 9.60. The molecular weight excluding hydrogens is 384 g/mol. The summed E-state index contributed by atoms with van der Waals surface area (Å²) in [6.45, 7) is 1.03. The number of alkyl halides is 1. The molecule has 3 aliphatic rings. The highest BCUT2D eigenvalue weighted by molar-refractivity contribution is 5.97. The number of hydrogen-bond donors (Lipinski definition) is 2. The predicted molar refractivity (Wildman–Crippen MR) is 102 cm³/mol. The van der Waals surface area contributed by atoms with Crippen molar-refractivity contribution in [3.8, 4) is 5.75 Å². The van der Waals surface area contributed by atoms with Crippen LogP contribution in [0.2, 0.25) is 0 Å². The monoisotopic (exact) mass is 405 g/mol. The fourth-order valence-electron chi connectivity index (χ4n) is 4.64. The Hall–Kier alpha value is -2.68. The molecule has 2 heterocycles. The first-order chi connectivity index (χ1) is 13.8. The first kappa shape index (κ1) is 18.4. The Labute approximate surface area is 164 Å². The molecule has 9 heteroatoms. The van der Waals surface area contributed by atoms with Crippen molar-refractivity contribution in [3.63, 3.8) is 0 Å². The Kier molecular flexibility index (Phi) is 3.74. The molecule has 29 heavy (non-hydrogen) atoms. The molecule has 3 fully saturated rings. The zero-order valence-corrected chi connectivity index (χ0v) is 15.8. The number of aromatic carboxylic acids is 1. The van der Waals surface area contributed by atoms with E-state index >= 15 is 4.39 Å². The minimum Gasteiger partial charge on any atom is -0.492 e. The van der Waals surface area contributed by atoms with E-state index in [0.717, 1.165) is 25.1 Å². The van der Waals surface area contributed by atoms with Crippen LogP contribution in [0.3, 0.4) is 0 Å².